The van der Waals surface area contributed by atoms with Crippen LogP contribution < -0.4 is 4.74 Å². The Morgan fingerprint density at radius 1 is 1.11 bits per heavy atom. The van der Waals surface area contributed by atoms with Crippen LogP contribution in [0.4, 0.5) is 0 Å². The Kier molecular flexibility index (Phi) is 9.11. The van der Waals surface area contributed by atoms with Crippen LogP contribution in [-0.2, 0) is 17.8 Å². The molecule has 1 aliphatic heterocycles. The molecule has 9 heteroatoms. The van der Waals surface area contributed by atoms with Crippen LogP contribution in [0.25, 0.3) is 0 Å². The average Bonchev–Trinajstić information content (AvgIpc) is 3.17. The molecule has 2 aromatic rings. The minimum absolute atomic E-state index is 0. The molecule has 0 amide bonds. The van der Waals surface area contributed by atoms with Crippen molar-refractivity contribution in [1.29, 1.82) is 0 Å². The first-order valence-electron chi connectivity index (χ1n) is 9.60. The van der Waals surface area contributed by atoms with Gasteiger partial charge in [0.05, 0.1) is 26.3 Å². The minimum atomic E-state index is 0. The molecule has 1 aromatic heterocycles. The van der Waals surface area contributed by atoms with Crippen molar-refractivity contribution in [2.75, 3.05) is 47.0 Å². The van der Waals surface area contributed by atoms with Crippen molar-refractivity contribution in [3.63, 3.8) is 0 Å². The number of benzene rings is 1. The second-order valence-electron chi connectivity index (χ2n) is 6.80. The molecule has 28 heavy (non-hydrogen) atoms. The fraction of sp³-hybridized carbons (Fsp3) is 0.632. The molecule has 1 aromatic carbocycles. The van der Waals surface area contributed by atoms with Gasteiger partial charge in [0.25, 0.3) is 0 Å². The lowest BCUT2D eigenvalue weighted by atomic mass is 10.1. The van der Waals surface area contributed by atoms with Crippen LogP contribution in [0, 0.1) is 0 Å². The number of methoxy groups -OCH3 is 2. The van der Waals surface area contributed by atoms with Crippen molar-refractivity contribution < 1.29 is 9.47 Å². The zero-order valence-corrected chi connectivity index (χ0v) is 17.8. The lowest BCUT2D eigenvalue weighted by Gasteiger charge is -2.38. The van der Waals surface area contributed by atoms with E-state index in [4.69, 9.17) is 9.47 Å². The summed E-state index contributed by atoms with van der Waals surface area (Å²) >= 11 is 0. The Morgan fingerprint density at radius 2 is 1.86 bits per heavy atom. The minimum Gasteiger partial charge on any atom is -0.496 e. The first-order valence-corrected chi connectivity index (χ1v) is 9.60. The van der Waals surface area contributed by atoms with Crippen LogP contribution in [0.2, 0.25) is 0 Å². The molecule has 1 saturated heterocycles. The number of rotatable bonds is 9. The highest BCUT2D eigenvalue weighted by Gasteiger charge is 2.28. The lowest BCUT2D eigenvalue weighted by molar-refractivity contribution is 0.0826. The number of hydrogen-bond acceptors (Lipinski definition) is 7. The quantitative estimate of drug-likeness (QED) is 0.626. The van der Waals surface area contributed by atoms with Crippen molar-refractivity contribution in [1.82, 2.24) is 30.0 Å². The summed E-state index contributed by atoms with van der Waals surface area (Å²) in [5.74, 6) is 1.90. The van der Waals surface area contributed by atoms with E-state index in [0.29, 0.717) is 13.2 Å². The summed E-state index contributed by atoms with van der Waals surface area (Å²) in [5.41, 5.74) is 1.24. The van der Waals surface area contributed by atoms with Gasteiger partial charge >= 0.3 is 0 Å². The smallest absolute Gasteiger partial charge is 0.168 e. The molecule has 1 atom stereocenters. The number of tetrazole rings is 1. The second kappa shape index (κ2) is 11.3. The lowest BCUT2D eigenvalue weighted by Crippen LogP contribution is -2.47. The van der Waals surface area contributed by atoms with Crippen molar-refractivity contribution in [2.24, 2.45) is 0 Å². The molecule has 0 bridgehead atoms. The SMILES string of the molecule is CCC(c1nnnn1CCOC)N1CCN(Cc2ccccc2OC)CC1.Cl. The van der Waals surface area contributed by atoms with Gasteiger partial charge in [0.15, 0.2) is 5.82 Å². The maximum absolute atomic E-state index is 5.49. The highest BCUT2D eigenvalue weighted by molar-refractivity contribution is 5.85. The standard InChI is InChI=1S/C19H30N6O2.ClH/c1-4-17(19-20-21-22-25(19)13-14-26-2)24-11-9-23(10-12-24)15-16-7-5-6-8-18(16)27-3;/h5-8,17H,4,9-15H2,1-3H3;1H. The number of para-hydroxylation sites is 1. The van der Waals surface area contributed by atoms with Crippen LogP contribution in [0.5, 0.6) is 5.75 Å². The Labute approximate surface area is 173 Å². The molecular weight excluding hydrogens is 380 g/mol. The van der Waals surface area contributed by atoms with Crippen LogP contribution in [-0.4, -0.2) is 77.0 Å². The van der Waals surface area contributed by atoms with E-state index in [0.717, 1.165) is 50.7 Å². The van der Waals surface area contributed by atoms with Gasteiger partial charge in [0.2, 0.25) is 0 Å². The molecular formula is C19H31ClN6O2. The molecule has 3 rings (SSSR count). The van der Waals surface area contributed by atoms with Crippen LogP contribution >= 0.6 is 12.4 Å². The van der Waals surface area contributed by atoms with Gasteiger partial charge in [-0.1, -0.05) is 25.1 Å². The third-order valence-corrected chi connectivity index (χ3v) is 5.19. The van der Waals surface area contributed by atoms with Crippen LogP contribution in [0.1, 0.15) is 30.8 Å². The molecule has 156 valence electrons. The largest absolute Gasteiger partial charge is 0.496 e. The highest BCUT2D eigenvalue weighted by atomic mass is 35.5. The molecule has 0 radical (unpaired) electrons. The van der Waals surface area contributed by atoms with E-state index in [1.807, 2.05) is 16.8 Å². The van der Waals surface area contributed by atoms with Gasteiger partial charge in [0.1, 0.15) is 5.75 Å². The maximum atomic E-state index is 5.49. The number of nitrogens with zero attached hydrogens (tertiary/aromatic N) is 6. The summed E-state index contributed by atoms with van der Waals surface area (Å²) in [5, 5.41) is 12.3. The normalized spacial score (nSPS) is 16.5. The van der Waals surface area contributed by atoms with Gasteiger partial charge in [-0.15, -0.1) is 17.5 Å². The van der Waals surface area contributed by atoms with Gasteiger partial charge < -0.3 is 9.47 Å². The van der Waals surface area contributed by atoms with Gasteiger partial charge in [-0.05, 0) is 22.9 Å². The molecule has 8 nitrogen and oxygen atoms in total. The summed E-state index contributed by atoms with van der Waals surface area (Å²) in [6.45, 7) is 8.46. The average molecular weight is 411 g/mol. The van der Waals surface area contributed by atoms with Gasteiger partial charge in [-0.3, -0.25) is 9.80 Å². The fourth-order valence-corrected chi connectivity index (χ4v) is 3.70. The third-order valence-electron chi connectivity index (χ3n) is 5.19. The Morgan fingerprint density at radius 3 is 2.54 bits per heavy atom. The van der Waals surface area contributed by atoms with Gasteiger partial charge in [-0.2, -0.15) is 0 Å². The first-order chi connectivity index (χ1) is 13.3. The summed E-state index contributed by atoms with van der Waals surface area (Å²) in [7, 11) is 3.43. The Hall–Kier alpha value is -1.74. The highest BCUT2D eigenvalue weighted by Crippen LogP contribution is 2.25. The van der Waals surface area contributed by atoms with Crippen molar-refractivity contribution >= 4 is 12.4 Å². The summed E-state index contributed by atoms with van der Waals surface area (Å²) in [6.07, 6.45) is 0.986. The predicted molar refractivity (Wildman–Crippen MR) is 110 cm³/mol. The topological polar surface area (TPSA) is 68.5 Å². The van der Waals surface area contributed by atoms with Crippen molar-refractivity contribution in [3.05, 3.63) is 35.7 Å². The third kappa shape index (κ3) is 5.41. The molecule has 1 fully saturated rings. The molecule has 2 heterocycles. The number of ether oxygens (including phenoxy) is 2. The number of halogens is 1. The summed E-state index contributed by atoms with van der Waals surface area (Å²) < 4.78 is 12.5. The predicted octanol–water partition coefficient (Wildman–Crippen LogP) is 2.02. The molecule has 0 spiro atoms. The monoisotopic (exact) mass is 410 g/mol. The maximum Gasteiger partial charge on any atom is 0.168 e. The van der Waals surface area contributed by atoms with Crippen LogP contribution in [0.3, 0.4) is 0 Å². The number of aromatic nitrogens is 4. The van der Waals surface area contributed by atoms with E-state index >= 15 is 0 Å². The van der Waals surface area contributed by atoms with E-state index in [9.17, 15) is 0 Å². The summed E-state index contributed by atoms with van der Waals surface area (Å²) in [4.78, 5) is 4.97. The van der Waals surface area contributed by atoms with Gasteiger partial charge in [0, 0.05) is 45.4 Å². The summed E-state index contributed by atoms with van der Waals surface area (Å²) in [6, 6.07) is 8.49. The molecule has 0 aliphatic carbocycles. The van der Waals surface area contributed by atoms with Gasteiger partial charge in [-0.25, -0.2) is 4.68 Å². The number of piperazine rings is 1. The van der Waals surface area contributed by atoms with Crippen molar-refractivity contribution in [2.45, 2.75) is 32.5 Å². The zero-order chi connectivity index (χ0) is 19.1. The first kappa shape index (κ1) is 22.5. The van der Waals surface area contributed by atoms with Crippen molar-refractivity contribution in [3.8, 4) is 5.75 Å². The molecule has 0 saturated carbocycles. The Balaban J connectivity index is 0.00000280. The second-order valence-corrected chi connectivity index (χ2v) is 6.80. The number of hydrogen-bond donors (Lipinski definition) is 0. The van der Waals surface area contributed by atoms with E-state index in [1.165, 1.54) is 5.56 Å². The Bertz CT molecular complexity index is 705. The van der Waals surface area contributed by atoms with E-state index in [1.54, 1.807) is 14.2 Å². The fourth-order valence-electron chi connectivity index (χ4n) is 3.70. The van der Waals surface area contributed by atoms with E-state index in [2.05, 4.69) is 44.4 Å². The van der Waals surface area contributed by atoms with Crippen LogP contribution in [0.15, 0.2) is 24.3 Å². The van der Waals surface area contributed by atoms with E-state index in [-0.39, 0.29) is 18.4 Å². The van der Waals surface area contributed by atoms with E-state index < -0.39 is 0 Å². The zero-order valence-electron chi connectivity index (χ0n) is 17.0. The molecule has 1 aliphatic rings. The molecule has 0 N–H and O–H groups in total. The molecule has 1 unspecified atom stereocenters.